The zero-order valence-corrected chi connectivity index (χ0v) is 44.8. The Labute approximate surface area is 454 Å². The van der Waals surface area contributed by atoms with Crippen LogP contribution in [0.2, 0.25) is 0 Å². The lowest BCUT2D eigenvalue weighted by atomic mass is 9.99. The van der Waals surface area contributed by atoms with Gasteiger partial charge in [-0.3, -0.25) is 57.5 Å². The van der Waals surface area contributed by atoms with E-state index in [-0.39, 0.29) is 38.0 Å². The number of primary amides is 4. The molecule has 9 unspecified atom stereocenters. The minimum Gasteiger partial charge on any atom is -0.508 e. The van der Waals surface area contributed by atoms with Gasteiger partial charge < -0.3 is 75.3 Å². The van der Waals surface area contributed by atoms with E-state index in [0.717, 1.165) is 43.4 Å². The zero-order valence-electron chi connectivity index (χ0n) is 44.8. The summed E-state index contributed by atoms with van der Waals surface area (Å²) in [6, 6.07) is -7.35. The van der Waals surface area contributed by atoms with Crippen molar-refractivity contribution in [1.29, 1.82) is 0 Å². The van der Waals surface area contributed by atoms with Gasteiger partial charge in [-0.15, -0.1) is 0 Å². The molecule has 0 saturated carbocycles. The van der Waals surface area contributed by atoms with Crippen LogP contribution in [0.15, 0.2) is 24.3 Å². The molecule has 3 rings (SSSR count). The van der Waals surface area contributed by atoms with Crippen molar-refractivity contribution in [2.45, 2.75) is 197 Å². The van der Waals surface area contributed by atoms with Crippen molar-refractivity contribution in [2.24, 2.45) is 28.9 Å². The zero-order chi connectivity index (χ0) is 57.9. The molecule has 26 heteroatoms. The topological polar surface area (TPSA) is 437 Å². The number of benzene rings is 1. The highest BCUT2D eigenvalue weighted by Crippen LogP contribution is 2.21. The predicted molar refractivity (Wildman–Crippen MR) is 282 cm³/mol. The van der Waals surface area contributed by atoms with Gasteiger partial charge in [-0.25, -0.2) is 0 Å². The summed E-state index contributed by atoms with van der Waals surface area (Å²) < 4.78 is 0. The Kier molecular flexibility index (Phi) is 28.0. The minimum absolute atomic E-state index is 0.00301. The molecule has 12 amide bonds. The van der Waals surface area contributed by atoms with Crippen LogP contribution in [-0.4, -0.2) is 147 Å². The first-order valence-corrected chi connectivity index (χ1v) is 27.0. The molecule has 2 aliphatic heterocycles. The SMILES string of the molecule is CCC(C)CCCCCCCCCCCC1CC(=O)NC(CC(N)=O)C(=O)NC(Cc2ccc(O)cc2)C(=O)NC(CC(N)=O)C(=O)NC(CCC(N)=O)C(=O)N2CCCC2C(=O)NC(CC(N)=O)C(=O)NC(CO)C(=O)N1. The molecular formula is C52H82N12O14. The average molecular weight is 1100 g/mol. The normalized spacial score (nSPS) is 23.9. The van der Waals surface area contributed by atoms with Crippen molar-refractivity contribution >= 4 is 70.9 Å². The van der Waals surface area contributed by atoms with Gasteiger partial charge >= 0.3 is 0 Å². The summed E-state index contributed by atoms with van der Waals surface area (Å²) in [7, 11) is 0. The number of nitrogens with one attached hydrogen (secondary N) is 7. The van der Waals surface area contributed by atoms with E-state index in [0.29, 0.717) is 24.3 Å². The van der Waals surface area contributed by atoms with Crippen LogP contribution < -0.4 is 60.2 Å². The first kappa shape index (κ1) is 64.9. The highest BCUT2D eigenvalue weighted by atomic mass is 16.3. The lowest BCUT2D eigenvalue weighted by molar-refractivity contribution is -0.143. The molecule has 434 valence electrons. The van der Waals surface area contributed by atoms with Crippen molar-refractivity contribution in [1.82, 2.24) is 42.1 Å². The van der Waals surface area contributed by atoms with E-state index in [9.17, 15) is 67.7 Å². The largest absolute Gasteiger partial charge is 0.508 e. The number of phenols is 1. The summed E-state index contributed by atoms with van der Waals surface area (Å²) >= 11 is 0. The molecule has 9 atom stereocenters. The predicted octanol–water partition coefficient (Wildman–Crippen LogP) is -2.06. The Bertz CT molecular complexity index is 2250. The number of phenolic OH excluding ortho intramolecular Hbond substituents is 1. The van der Waals surface area contributed by atoms with Gasteiger partial charge in [0.2, 0.25) is 70.9 Å². The van der Waals surface area contributed by atoms with Crippen molar-refractivity contribution in [3.05, 3.63) is 29.8 Å². The van der Waals surface area contributed by atoms with Crippen LogP contribution in [0.5, 0.6) is 5.75 Å². The molecule has 2 fully saturated rings. The van der Waals surface area contributed by atoms with E-state index in [2.05, 4.69) is 51.1 Å². The van der Waals surface area contributed by atoms with Crippen LogP contribution in [0.1, 0.15) is 148 Å². The molecule has 2 aliphatic rings. The quantitative estimate of drug-likeness (QED) is 0.0469. The number of aliphatic hydroxyl groups excluding tert-OH is 1. The van der Waals surface area contributed by atoms with Crippen molar-refractivity contribution in [3.63, 3.8) is 0 Å². The monoisotopic (exact) mass is 1100 g/mol. The number of carbonyl (C=O) groups excluding carboxylic acids is 12. The van der Waals surface area contributed by atoms with Gasteiger partial charge in [-0.1, -0.05) is 96.6 Å². The van der Waals surface area contributed by atoms with Crippen molar-refractivity contribution in [3.8, 4) is 5.75 Å². The maximum atomic E-state index is 14.3. The van der Waals surface area contributed by atoms with Gasteiger partial charge in [0, 0.05) is 31.8 Å². The number of fused-ring (bicyclic) bond motifs is 1. The second-order valence-corrected chi connectivity index (χ2v) is 20.4. The minimum atomic E-state index is -1.86. The molecule has 78 heavy (non-hydrogen) atoms. The fraction of sp³-hybridized carbons (Fsp3) is 0.654. The Morgan fingerprint density at radius 3 is 1.56 bits per heavy atom. The standard InChI is InChI=1S/C52H82N12O14/c1-3-30(2)14-11-9-7-5-4-6-8-10-12-15-32-25-45(71)58-36(26-42(54)68)47(73)60-35(24-31-17-19-33(66)20-18-31)46(72)61-37(27-43(55)69)48(74)59-34(21-22-41(53)67)52(78)64-23-13-16-40(64)51(77)62-38(28-44(56)70)49(75)63-39(29-65)50(76)57-32/h17-20,30,32,34-40,65-66H,3-16,21-29H2,1-2H3,(H2,53,67)(H2,54,68)(H2,55,69)(H2,56,70)(H,57,76)(H,58,71)(H,59,74)(H,60,73)(H,61,72)(H,62,77)(H,63,75). The van der Waals surface area contributed by atoms with Crippen LogP contribution >= 0.6 is 0 Å². The maximum absolute atomic E-state index is 14.3. The maximum Gasteiger partial charge on any atom is 0.245 e. The first-order chi connectivity index (χ1) is 37.0. The summed E-state index contributed by atoms with van der Waals surface area (Å²) in [4.78, 5) is 163. The van der Waals surface area contributed by atoms with E-state index in [1.165, 1.54) is 43.5 Å². The number of hydrogen-bond acceptors (Lipinski definition) is 14. The van der Waals surface area contributed by atoms with Gasteiger partial charge in [0.15, 0.2) is 0 Å². The fourth-order valence-corrected chi connectivity index (χ4v) is 9.24. The Morgan fingerprint density at radius 1 is 0.577 bits per heavy atom. The van der Waals surface area contributed by atoms with Gasteiger partial charge in [0.1, 0.15) is 48.0 Å². The van der Waals surface area contributed by atoms with Gasteiger partial charge in [-0.2, -0.15) is 0 Å². The lowest BCUT2D eigenvalue weighted by Crippen LogP contribution is -2.60. The van der Waals surface area contributed by atoms with Crippen LogP contribution in [0.25, 0.3) is 0 Å². The smallest absolute Gasteiger partial charge is 0.245 e. The molecule has 0 spiro atoms. The van der Waals surface area contributed by atoms with Gasteiger partial charge in [-0.05, 0) is 49.3 Å². The van der Waals surface area contributed by atoms with E-state index in [4.69, 9.17) is 22.9 Å². The van der Waals surface area contributed by atoms with Crippen LogP contribution in [0.3, 0.4) is 0 Å². The van der Waals surface area contributed by atoms with E-state index in [1.807, 2.05) is 0 Å². The number of aromatic hydroxyl groups is 1. The van der Waals surface area contributed by atoms with Crippen molar-refractivity contribution in [2.75, 3.05) is 13.2 Å². The molecule has 0 aliphatic carbocycles. The van der Waals surface area contributed by atoms with Crippen LogP contribution in [0.4, 0.5) is 0 Å². The molecule has 0 bridgehead atoms. The summed E-state index contributed by atoms with van der Waals surface area (Å²) in [5.74, 6) is -11.9. The Morgan fingerprint density at radius 2 is 1.04 bits per heavy atom. The first-order valence-electron chi connectivity index (χ1n) is 27.0. The summed E-state index contributed by atoms with van der Waals surface area (Å²) in [5, 5.41) is 37.4. The third-order valence-corrected chi connectivity index (χ3v) is 13.8. The Balaban J connectivity index is 2.07. The second kappa shape index (κ2) is 33.7. The number of nitrogens with zero attached hydrogens (tertiary/aromatic N) is 1. The number of aliphatic hydroxyl groups is 1. The molecule has 1 aromatic rings. The van der Waals surface area contributed by atoms with E-state index in [1.54, 1.807) is 0 Å². The molecular weight excluding hydrogens is 1020 g/mol. The molecule has 17 N–H and O–H groups in total. The number of unbranched alkanes of at least 4 members (excludes halogenated alkanes) is 8. The third kappa shape index (κ3) is 23.5. The number of hydrogen-bond donors (Lipinski definition) is 13. The summed E-state index contributed by atoms with van der Waals surface area (Å²) in [6.45, 7) is 3.35. The molecule has 1 aromatic carbocycles. The molecule has 0 radical (unpaired) electrons. The van der Waals surface area contributed by atoms with Crippen LogP contribution in [0, 0.1) is 5.92 Å². The Hall–Kier alpha value is -7.38. The van der Waals surface area contributed by atoms with E-state index < -0.39 is 164 Å². The van der Waals surface area contributed by atoms with Crippen LogP contribution in [-0.2, 0) is 64.0 Å². The fourth-order valence-electron chi connectivity index (χ4n) is 9.24. The van der Waals surface area contributed by atoms with Crippen molar-refractivity contribution < 1.29 is 67.7 Å². The second-order valence-electron chi connectivity index (χ2n) is 20.4. The highest BCUT2D eigenvalue weighted by molar-refractivity contribution is 6.00. The number of carbonyl (C=O) groups is 12. The van der Waals surface area contributed by atoms with Gasteiger partial charge in [0.05, 0.1) is 25.9 Å². The van der Waals surface area contributed by atoms with Gasteiger partial charge in [0.25, 0.3) is 0 Å². The number of rotatable bonds is 25. The number of amides is 12. The summed E-state index contributed by atoms with van der Waals surface area (Å²) in [5.41, 5.74) is 22.2. The molecule has 2 heterocycles. The van der Waals surface area contributed by atoms with E-state index >= 15 is 0 Å². The molecule has 26 nitrogen and oxygen atoms in total. The number of nitrogens with two attached hydrogens (primary N) is 4. The molecule has 2 saturated heterocycles. The average Bonchev–Trinajstić information content (AvgIpc) is 3.87. The summed E-state index contributed by atoms with van der Waals surface area (Å²) in [6.07, 6.45) is 7.09. The highest BCUT2D eigenvalue weighted by Gasteiger charge is 2.41. The molecule has 0 aromatic heterocycles. The third-order valence-electron chi connectivity index (χ3n) is 13.8. The lowest BCUT2D eigenvalue weighted by Gasteiger charge is -2.31.